The Bertz CT molecular complexity index is 1320. The molecule has 0 aromatic carbocycles. The highest BCUT2D eigenvalue weighted by atomic mass is 15.3. The smallest absolute Gasteiger partial charge is 0.0102 e. The zero-order chi connectivity index (χ0) is 80.1. The molecule has 0 radical (unpaired) electrons. The van der Waals surface area contributed by atoms with Crippen molar-refractivity contribution in [1.82, 2.24) is 34.3 Å². The number of rotatable bonds is 7. The summed E-state index contributed by atoms with van der Waals surface area (Å²) in [4.78, 5) is 18.9. The monoisotopic (exact) mass is 1440 g/mol. The summed E-state index contributed by atoms with van der Waals surface area (Å²) in [6.07, 6.45) is 37.2. The summed E-state index contributed by atoms with van der Waals surface area (Å²) in [6.45, 7) is 96.9. The lowest BCUT2D eigenvalue weighted by Crippen LogP contribution is -2.50. The van der Waals surface area contributed by atoms with E-state index >= 15 is 0 Å². The quantitative estimate of drug-likeness (QED) is 0.250. The lowest BCUT2D eigenvalue weighted by molar-refractivity contribution is 0.00980. The fraction of sp³-hybridized carbons (Fsp3) is 1.00. The molecule has 17 rings (SSSR count). The maximum atomic E-state index is 2.75. The highest BCUT2D eigenvalue weighted by molar-refractivity contribution is 4.98. The average molecular weight is 1440 g/mol. The van der Waals surface area contributed by atoms with Gasteiger partial charge in [-0.15, -0.1) is 0 Å². The standard InChI is InChI=1S/3C10H19N.4C9H17N.14C2H6/c3*1-8(2)11-9-4-3-5-10(11)7-6-9;3*1-7(2)10-5-8-3-9(4-8)6-10;1-7(2)10-8-3-4-9(10)6-5-8;14*1-2/h3*8-10H,3-7H2,1-2H3;4*7-9H,3-6H2,1-2H3;14*1-2H3. The van der Waals surface area contributed by atoms with Crippen LogP contribution in [0.1, 0.15) is 451 Å². The summed E-state index contributed by atoms with van der Waals surface area (Å²) in [5.74, 6) is 6.42. The van der Waals surface area contributed by atoms with Crippen LogP contribution >= 0.6 is 0 Å². The van der Waals surface area contributed by atoms with Gasteiger partial charge in [-0.25, -0.2) is 0 Å². The van der Waals surface area contributed by atoms with Crippen LogP contribution in [-0.4, -0.2) is 164 Å². The first-order valence-electron chi connectivity index (χ1n) is 47.2. The lowest BCUT2D eigenvalue weighted by atomic mass is 9.71. The van der Waals surface area contributed by atoms with E-state index in [0.717, 1.165) is 126 Å². The SMILES string of the molecule is CC.CC.CC.CC.CC.CC.CC.CC.CC.CC.CC.CC.CC.CC.CC(C)N1C2CCC1CC2.CC(C)N1C2CCCC1CC2.CC(C)N1C2CCCC1CC2.CC(C)N1C2CCCC1CC2.CC(C)N1CC2CC(C2)C1.CC(C)N1CC2CC(C2)C1.CC(C)N1CC2CC(C2)C1. The van der Waals surface area contributed by atoms with Crippen molar-refractivity contribution in [3.63, 3.8) is 0 Å². The molecule has 17 fully saturated rings. The third-order valence-electron chi connectivity index (χ3n) is 22.3. The highest BCUT2D eigenvalue weighted by Crippen LogP contribution is 2.44. The molecule has 0 amide bonds. The van der Waals surface area contributed by atoms with Crippen molar-refractivity contribution in [3.05, 3.63) is 0 Å². The van der Waals surface area contributed by atoms with Crippen LogP contribution in [0.3, 0.4) is 0 Å². The van der Waals surface area contributed by atoms with E-state index in [1.54, 1.807) is 0 Å². The van der Waals surface area contributed by atoms with Gasteiger partial charge in [0.05, 0.1) is 0 Å². The molecule has 3 saturated carbocycles. The van der Waals surface area contributed by atoms with Gasteiger partial charge in [-0.3, -0.25) is 19.6 Å². The first kappa shape index (κ1) is 114. The van der Waals surface area contributed by atoms with E-state index in [1.807, 2.05) is 194 Å². The van der Waals surface area contributed by atoms with Crippen LogP contribution in [0.5, 0.6) is 0 Å². The molecule has 0 aromatic heterocycles. The molecule has 14 bridgehead atoms. The predicted octanol–water partition coefficient (Wildman–Crippen LogP) is 28.8. The van der Waals surface area contributed by atoms with Crippen LogP contribution in [0.2, 0.25) is 0 Å². The van der Waals surface area contributed by atoms with Crippen molar-refractivity contribution in [2.24, 2.45) is 35.5 Å². The molecule has 101 heavy (non-hydrogen) atoms. The van der Waals surface area contributed by atoms with Crippen molar-refractivity contribution < 1.29 is 0 Å². The Morgan fingerprint density at radius 2 is 0.267 bits per heavy atom. The van der Waals surface area contributed by atoms with E-state index in [0.29, 0.717) is 0 Å². The molecule has 6 unspecified atom stereocenters. The minimum Gasteiger partial charge on any atom is -0.300 e. The Balaban J connectivity index is -0.000000193. The summed E-state index contributed by atoms with van der Waals surface area (Å²) in [7, 11) is 0. The Morgan fingerprint density at radius 3 is 0.347 bits per heavy atom. The van der Waals surface area contributed by atoms with E-state index in [-0.39, 0.29) is 0 Å². The second-order valence-corrected chi connectivity index (χ2v) is 29.8. The van der Waals surface area contributed by atoms with Crippen molar-refractivity contribution in [2.75, 3.05) is 39.3 Å². The van der Waals surface area contributed by atoms with Gasteiger partial charge in [-0.1, -0.05) is 213 Å². The second-order valence-electron chi connectivity index (χ2n) is 29.8. The molecule has 7 heteroatoms. The van der Waals surface area contributed by atoms with Crippen LogP contribution in [0.15, 0.2) is 0 Å². The Kier molecular flexibility index (Phi) is 83.4. The van der Waals surface area contributed by atoms with Crippen molar-refractivity contribution >= 4 is 0 Å². The number of piperidine rings is 9. The summed E-state index contributed by atoms with van der Waals surface area (Å²) in [5.41, 5.74) is 0. The molecule has 14 heterocycles. The van der Waals surface area contributed by atoms with E-state index in [4.69, 9.17) is 0 Å². The minimum absolute atomic E-state index is 0.783. The third kappa shape index (κ3) is 41.9. The largest absolute Gasteiger partial charge is 0.300 e. The average Bonchev–Trinajstić information content (AvgIpc) is 1.77. The van der Waals surface area contributed by atoms with Gasteiger partial charge in [0.1, 0.15) is 0 Å². The fourth-order valence-electron chi connectivity index (χ4n) is 18.8. The molecule has 17 aliphatic rings. The van der Waals surface area contributed by atoms with Gasteiger partial charge in [-0.05, 0) is 274 Å². The molecule has 6 atom stereocenters. The van der Waals surface area contributed by atoms with Crippen LogP contribution in [-0.2, 0) is 0 Å². The molecule has 0 spiro atoms. The van der Waals surface area contributed by atoms with Gasteiger partial charge in [0.25, 0.3) is 0 Å². The van der Waals surface area contributed by atoms with Gasteiger partial charge >= 0.3 is 0 Å². The fourth-order valence-corrected chi connectivity index (χ4v) is 18.8. The number of fused-ring (bicyclic) bond motifs is 14. The Labute approximate surface area is 647 Å². The van der Waals surface area contributed by atoms with E-state index in [9.17, 15) is 0 Å². The molecule has 14 aliphatic heterocycles. The van der Waals surface area contributed by atoms with E-state index in [2.05, 4.69) is 131 Å². The summed E-state index contributed by atoms with van der Waals surface area (Å²) >= 11 is 0. The topological polar surface area (TPSA) is 22.7 Å². The second kappa shape index (κ2) is 73.8. The normalized spacial score (nSPS) is 29.2. The maximum Gasteiger partial charge on any atom is 0.0102 e. The van der Waals surface area contributed by atoms with Crippen LogP contribution in [0.25, 0.3) is 0 Å². The molecular formula is C94H209N7. The molecule has 3 aliphatic carbocycles. The van der Waals surface area contributed by atoms with Crippen molar-refractivity contribution in [3.8, 4) is 0 Å². The van der Waals surface area contributed by atoms with E-state index < -0.39 is 0 Å². The van der Waals surface area contributed by atoms with Gasteiger partial charge in [0.15, 0.2) is 0 Å². The molecule has 0 aromatic rings. The van der Waals surface area contributed by atoms with E-state index in [1.165, 1.54) is 200 Å². The highest BCUT2D eigenvalue weighted by Gasteiger charge is 2.43. The number of hydrogen-bond donors (Lipinski definition) is 0. The van der Waals surface area contributed by atoms with Crippen molar-refractivity contribution in [1.29, 1.82) is 0 Å². The summed E-state index contributed by atoms with van der Waals surface area (Å²) in [6, 6.07) is 13.1. The molecule has 14 saturated heterocycles. The van der Waals surface area contributed by atoms with Crippen LogP contribution in [0.4, 0.5) is 0 Å². The molecule has 7 nitrogen and oxygen atoms in total. The van der Waals surface area contributed by atoms with Crippen molar-refractivity contribution in [2.45, 2.75) is 542 Å². The van der Waals surface area contributed by atoms with Gasteiger partial charge in [0.2, 0.25) is 0 Å². The Hall–Kier alpha value is -0.280. The van der Waals surface area contributed by atoms with Gasteiger partial charge in [-0.2, -0.15) is 0 Å². The van der Waals surface area contributed by atoms with Gasteiger partial charge in [0, 0.05) is 130 Å². The van der Waals surface area contributed by atoms with Gasteiger partial charge < -0.3 is 14.7 Å². The molecule has 0 N–H and O–H groups in total. The first-order chi connectivity index (χ1) is 48.9. The number of hydrogen-bond acceptors (Lipinski definition) is 7. The minimum atomic E-state index is 0.783. The summed E-state index contributed by atoms with van der Waals surface area (Å²) < 4.78 is 0. The summed E-state index contributed by atoms with van der Waals surface area (Å²) in [5, 5.41) is 0. The maximum absolute atomic E-state index is 2.75. The molecule has 620 valence electrons. The molecular weight excluding hydrogens is 1230 g/mol. The predicted molar refractivity (Wildman–Crippen MR) is 474 cm³/mol. The lowest BCUT2D eigenvalue weighted by Gasteiger charge is -2.48. The van der Waals surface area contributed by atoms with Crippen LogP contribution in [0, 0.1) is 35.5 Å². The zero-order valence-electron chi connectivity index (χ0n) is 79.2. The Morgan fingerprint density at radius 1 is 0.158 bits per heavy atom. The third-order valence-corrected chi connectivity index (χ3v) is 22.3. The number of nitrogens with zero attached hydrogens (tertiary/aromatic N) is 7. The first-order valence-corrected chi connectivity index (χ1v) is 47.2. The zero-order valence-corrected chi connectivity index (χ0v) is 79.2. The van der Waals surface area contributed by atoms with Crippen LogP contribution < -0.4 is 0 Å².